The van der Waals surface area contributed by atoms with Crippen LogP contribution in [0.4, 0.5) is 5.13 Å². The van der Waals surface area contributed by atoms with Crippen molar-refractivity contribution in [3.05, 3.63) is 130 Å². The van der Waals surface area contributed by atoms with Crippen LogP contribution < -0.4 is 10.6 Å². The monoisotopic (exact) mass is 817 g/mol. The predicted octanol–water partition coefficient (Wildman–Crippen LogP) is 5.38. The molecule has 1 aromatic heterocycles. The Bertz CT molecular complexity index is 2130. The zero-order chi connectivity index (χ0) is 40.4. The lowest BCUT2D eigenvalue weighted by atomic mass is 9.77. The van der Waals surface area contributed by atoms with Crippen LogP contribution in [0, 0.1) is 0 Å². The number of β-lactam (4-membered cyclic amide) rings is 1. The minimum Gasteiger partial charge on any atom is -0.477 e. The molecule has 0 saturated carbocycles. The number of nitrogens with one attached hydrogen (secondary N) is 2. The van der Waals surface area contributed by atoms with Gasteiger partial charge in [0.2, 0.25) is 5.60 Å². The van der Waals surface area contributed by atoms with E-state index in [1.165, 1.54) is 25.2 Å². The lowest BCUT2D eigenvalue weighted by molar-refractivity contribution is -0.179. The number of anilines is 1. The highest BCUT2D eigenvalue weighted by Crippen LogP contribution is 2.41. The third kappa shape index (κ3) is 7.97. The third-order valence-corrected chi connectivity index (χ3v) is 11.7. The van der Waals surface area contributed by atoms with Gasteiger partial charge in [0.05, 0.1) is 16.6 Å². The first kappa shape index (κ1) is 40.3. The van der Waals surface area contributed by atoms with Gasteiger partial charge in [0.15, 0.2) is 10.8 Å². The summed E-state index contributed by atoms with van der Waals surface area (Å²) in [6.45, 7) is 7.94. The molecule has 292 valence electrons. The number of hydrogen-bond acceptors (Lipinski definition) is 11. The van der Waals surface area contributed by atoms with Gasteiger partial charge in [-0.05, 0) is 56.9 Å². The number of carbonyl (C=O) groups is 4. The number of aromatic nitrogens is 1. The van der Waals surface area contributed by atoms with Crippen LogP contribution in [0.25, 0.3) is 0 Å². The van der Waals surface area contributed by atoms with Crippen LogP contribution in [-0.4, -0.2) is 82.9 Å². The van der Waals surface area contributed by atoms with Crippen molar-refractivity contribution in [1.82, 2.24) is 15.2 Å². The molecular formula is C40H40ClN5O8S2. The van der Waals surface area contributed by atoms with Crippen LogP contribution >= 0.6 is 22.9 Å². The molecule has 2 aliphatic heterocycles. The number of ether oxygens (including phenoxy) is 1. The highest BCUT2D eigenvalue weighted by Gasteiger charge is 2.57. The van der Waals surface area contributed by atoms with E-state index in [1.807, 2.05) is 91.0 Å². The Morgan fingerprint density at radius 3 is 1.96 bits per heavy atom. The maximum atomic E-state index is 14.2. The zero-order valence-corrected chi connectivity index (χ0v) is 33.5. The Kier molecular flexibility index (Phi) is 11.5. The van der Waals surface area contributed by atoms with Crippen LogP contribution in [0.3, 0.4) is 0 Å². The van der Waals surface area contributed by atoms with E-state index in [2.05, 4.69) is 15.8 Å². The molecule has 3 N–H and O–H groups in total. The quantitative estimate of drug-likeness (QED) is 0.0397. The summed E-state index contributed by atoms with van der Waals surface area (Å²) in [5.41, 5.74) is -1.35. The van der Waals surface area contributed by atoms with Crippen molar-refractivity contribution in [1.29, 1.82) is 0 Å². The van der Waals surface area contributed by atoms with Crippen LogP contribution in [0.5, 0.6) is 0 Å². The maximum absolute atomic E-state index is 14.2. The zero-order valence-electron chi connectivity index (χ0n) is 31.1. The molecule has 6 rings (SSSR count). The number of nitrogens with zero attached hydrogens (tertiary/aromatic N) is 3. The summed E-state index contributed by atoms with van der Waals surface area (Å²) >= 11 is 7.12. The number of benzene rings is 3. The number of halogens is 1. The van der Waals surface area contributed by atoms with Crippen LogP contribution in [-0.2, 0) is 45.1 Å². The number of hydrogen-bond donors (Lipinski definition) is 3. The molecule has 2 unspecified atom stereocenters. The maximum Gasteiger partial charge on any atom is 0.353 e. The van der Waals surface area contributed by atoms with Gasteiger partial charge in [-0.25, -0.2) is 14.6 Å². The number of amides is 2. The molecule has 2 aliphatic rings. The molecule has 3 aromatic carbocycles. The van der Waals surface area contributed by atoms with Gasteiger partial charge in [0, 0.05) is 11.3 Å². The van der Waals surface area contributed by atoms with Gasteiger partial charge >= 0.3 is 11.9 Å². The number of aliphatic carboxylic acids is 1. The molecule has 4 aromatic rings. The normalized spacial score (nSPS) is 18.8. The highest BCUT2D eigenvalue weighted by molar-refractivity contribution is 7.86. The van der Waals surface area contributed by atoms with Crippen molar-refractivity contribution in [2.45, 2.75) is 62.8 Å². The van der Waals surface area contributed by atoms with E-state index in [9.17, 15) is 28.5 Å². The fourth-order valence-corrected chi connectivity index (χ4v) is 9.12. The first-order valence-electron chi connectivity index (χ1n) is 17.5. The molecule has 0 bridgehead atoms. The fourth-order valence-electron chi connectivity index (χ4n) is 6.35. The van der Waals surface area contributed by atoms with Gasteiger partial charge in [-0.3, -0.25) is 18.7 Å². The van der Waals surface area contributed by atoms with Gasteiger partial charge in [-0.1, -0.05) is 96.2 Å². The van der Waals surface area contributed by atoms with Crippen molar-refractivity contribution in [3.63, 3.8) is 0 Å². The molecular weight excluding hydrogens is 778 g/mol. The van der Waals surface area contributed by atoms with Gasteiger partial charge < -0.3 is 25.3 Å². The highest BCUT2D eigenvalue weighted by atomic mass is 35.5. The summed E-state index contributed by atoms with van der Waals surface area (Å²) in [7, 11) is -1.79. The minimum atomic E-state index is -1.79. The van der Waals surface area contributed by atoms with Crippen LogP contribution in [0.2, 0.25) is 0 Å². The van der Waals surface area contributed by atoms with E-state index < -0.39 is 68.4 Å². The molecule has 2 amide bonds. The van der Waals surface area contributed by atoms with Crippen LogP contribution in [0.15, 0.2) is 113 Å². The third-order valence-electron chi connectivity index (χ3n) is 8.99. The summed E-state index contributed by atoms with van der Waals surface area (Å²) in [5.74, 6) is -4.31. The van der Waals surface area contributed by atoms with E-state index in [1.54, 1.807) is 26.2 Å². The number of oxime groups is 1. The molecule has 0 spiro atoms. The topological polar surface area (TPSA) is 177 Å². The SMILES string of the molecule is CC(C)(C)OC(=O)C(C)(C)O/N=C(\C(=O)NC1C(=O)N2C(C(=O)O)=C(CCl)CS(=O)[C@@H]12)c1csc(NC(c2ccccc2)(c2ccccc2)c2ccccc2)n1. The number of carboxylic acids is 1. The van der Waals surface area contributed by atoms with E-state index in [0.29, 0.717) is 5.13 Å². The van der Waals surface area contributed by atoms with Crippen LogP contribution in [0.1, 0.15) is 57.0 Å². The van der Waals surface area contributed by atoms with Gasteiger partial charge in [0.1, 0.15) is 33.9 Å². The van der Waals surface area contributed by atoms with E-state index in [-0.39, 0.29) is 28.6 Å². The molecule has 16 heteroatoms. The standard InChI is InChI=1S/C40H40ClN5O8S2/c1-38(2,3)53-36(51)39(4,5)54-45-29(32(47)43-30-33(48)46-31(35(49)50)24(21-41)23-56(52)34(30)46)28-22-55-37(42-28)44-40(25-15-9-6-10-16-25,26-17-11-7-12-18-26)27-19-13-8-14-20-27/h6-20,22,30,34H,21,23H2,1-5H3,(H,42,44)(H,43,47)(H,49,50)/b45-29-/t30?,34-,56?/m0/s1. The Labute approximate surface area is 335 Å². The van der Waals surface area contributed by atoms with Gasteiger partial charge in [-0.15, -0.1) is 22.9 Å². The number of alkyl halides is 1. The van der Waals surface area contributed by atoms with Crippen molar-refractivity contribution >= 4 is 68.3 Å². The number of carboxylic acid groups (broad SMARTS) is 1. The second kappa shape index (κ2) is 16.0. The molecule has 3 atom stereocenters. The summed E-state index contributed by atoms with van der Waals surface area (Å²) in [4.78, 5) is 64.1. The summed E-state index contributed by atoms with van der Waals surface area (Å²) in [5, 5.41) is 21.0. The molecule has 1 fully saturated rings. The number of esters is 1. The molecule has 13 nitrogen and oxygen atoms in total. The van der Waals surface area contributed by atoms with Crippen molar-refractivity contribution in [2.75, 3.05) is 16.9 Å². The minimum absolute atomic E-state index is 0.0296. The van der Waals surface area contributed by atoms with Gasteiger partial charge in [0.25, 0.3) is 11.8 Å². The molecule has 0 radical (unpaired) electrons. The second-order valence-corrected chi connectivity index (χ2v) is 17.2. The Morgan fingerprint density at radius 2 is 1.48 bits per heavy atom. The first-order chi connectivity index (χ1) is 26.6. The number of fused-ring (bicyclic) bond motifs is 1. The van der Waals surface area contributed by atoms with Crippen molar-refractivity contribution in [3.8, 4) is 0 Å². The van der Waals surface area contributed by atoms with Crippen molar-refractivity contribution in [2.24, 2.45) is 5.16 Å². The first-order valence-corrected chi connectivity index (χ1v) is 20.3. The predicted molar refractivity (Wildman–Crippen MR) is 213 cm³/mol. The number of carbonyl (C=O) groups excluding carboxylic acids is 3. The fraction of sp³-hybridized carbons (Fsp3) is 0.300. The second-order valence-electron chi connectivity index (χ2n) is 14.5. The largest absolute Gasteiger partial charge is 0.477 e. The average Bonchev–Trinajstić information content (AvgIpc) is 3.63. The molecule has 1 saturated heterocycles. The van der Waals surface area contributed by atoms with Crippen molar-refractivity contribution < 1.29 is 38.1 Å². The summed E-state index contributed by atoms with van der Waals surface area (Å²) < 4.78 is 18.8. The van der Waals surface area contributed by atoms with E-state index in [0.717, 1.165) is 21.6 Å². The molecule has 3 heterocycles. The lowest BCUT2D eigenvalue weighted by Gasteiger charge is -2.48. The Hall–Kier alpha value is -5.38. The summed E-state index contributed by atoms with van der Waals surface area (Å²) in [6, 6.07) is 28.1. The smallest absolute Gasteiger partial charge is 0.353 e. The van der Waals surface area contributed by atoms with E-state index >= 15 is 0 Å². The van der Waals surface area contributed by atoms with Gasteiger partial charge in [-0.2, -0.15) is 0 Å². The number of thiazole rings is 1. The summed E-state index contributed by atoms with van der Waals surface area (Å²) in [6.07, 6.45) is 0. The van der Waals surface area contributed by atoms with E-state index in [4.69, 9.17) is 26.2 Å². The Balaban J connectivity index is 1.39. The average molecular weight is 818 g/mol. The molecule has 56 heavy (non-hydrogen) atoms. The Morgan fingerprint density at radius 1 is 0.946 bits per heavy atom. The molecule has 0 aliphatic carbocycles. The number of rotatable bonds is 13. The lowest BCUT2D eigenvalue weighted by Crippen LogP contribution is -2.74.